The molecule has 1 unspecified atom stereocenters. The Morgan fingerprint density at radius 3 is 2.80 bits per heavy atom. The van der Waals surface area contributed by atoms with Gasteiger partial charge in [-0.25, -0.2) is 4.79 Å². The van der Waals surface area contributed by atoms with Crippen LogP contribution in [0.2, 0.25) is 0 Å². The number of hydrogen-bond donors (Lipinski definition) is 1. The van der Waals surface area contributed by atoms with Crippen molar-refractivity contribution in [1.82, 2.24) is 4.90 Å². The standard InChI is InChI=1S/C19H20N2O3S/c22-19(20-15-4-2-1-3-5-15)21-9-8-18(25-11-10-21)14-6-7-16-17(12-14)24-13-23-16/h1-7,12,18H,8-11,13H2,(H,20,22). The van der Waals surface area contributed by atoms with Crippen LogP contribution >= 0.6 is 11.8 Å². The average molecular weight is 356 g/mol. The molecule has 2 aromatic rings. The maximum absolute atomic E-state index is 12.5. The van der Waals surface area contributed by atoms with Gasteiger partial charge in [0.1, 0.15) is 0 Å². The molecule has 1 saturated heterocycles. The summed E-state index contributed by atoms with van der Waals surface area (Å²) in [6.45, 7) is 1.79. The molecule has 1 fully saturated rings. The minimum Gasteiger partial charge on any atom is -0.454 e. The summed E-state index contributed by atoms with van der Waals surface area (Å²) in [6.07, 6.45) is 0.923. The number of carbonyl (C=O) groups is 1. The van der Waals surface area contributed by atoms with Crippen LogP contribution in [0.5, 0.6) is 11.5 Å². The summed E-state index contributed by atoms with van der Waals surface area (Å²) in [4.78, 5) is 14.4. The molecule has 25 heavy (non-hydrogen) atoms. The highest BCUT2D eigenvalue weighted by Crippen LogP contribution is 2.40. The topological polar surface area (TPSA) is 50.8 Å². The molecule has 2 heterocycles. The normalized spacial score (nSPS) is 19.4. The summed E-state index contributed by atoms with van der Waals surface area (Å²) in [5.41, 5.74) is 2.07. The molecule has 0 aliphatic carbocycles. The van der Waals surface area contributed by atoms with Crippen LogP contribution in [0.3, 0.4) is 0 Å². The lowest BCUT2D eigenvalue weighted by atomic mass is 10.1. The molecule has 6 heteroatoms. The van der Waals surface area contributed by atoms with Crippen molar-refractivity contribution >= 4 is 23.5 Å². The van der Waals surface area contributed by atoms with Crippen LogP contribution in [0.15, 0.2) is 48.5 Å². The van der Waals surface area contributed by atoms with Gasteiger partial charge in [-0.3, -0.25) is 0 Å². The van der Waals surface area contributed by atoms with E-state index in [-0.39, 0.29) is 6.03 Å². The van der Waals surface area contributed by atoms with E-state index in [2.05, 4.69) is 17.4 Å². The Morgan fingerprint density at radius 2 is 1.92 bits per heavy atom. The molecule has 0 spiro atoms. The van der Waals surface area contributed by atoms with E-state index in [1.807, 2.05) is 53.1 Å². The number of thioether (sulfide) groups is 1. The third-order valence-corrected chi connectivity index (χ3v) is 5.75. The predicted molar refractivity (Wildman–Crippen MR) is 99.4 cm³/mol. The molecule has 2 aliphatic heterocycles. The molecular formula is C19H20N2O3S. The fraction of sp³-hybridized carbons (Fsp3) is 0.316. The van der Waals surface area contributed by atoms with Crippen molar-refractivity contribution in [3.63, 3.8) is 0 Å². The van der Waals surface area contributed by atoms with Gasteiger partial charge in [-0.05, 0) is 36.2 Å². The van der Waals surface area contributed by atoms with Crippen LogP contribution in [0.4, 0.5) is 10.5 Å². The third-order valence-electron chi connectivity index (χ3n) is 4.42. The van der Waals surface area contributed by atoms with E-state index < -0.39 is 0 Å². The molecule has 4 rings (SSSR count). The highest BCUT2D eigenvalue weighted by atomic mass is 32.2. The first-order valence-electron chi connectivity index (χ1n) is 8.42. The van der Waals surface area contributed by atoms with Crippen LogP contribution < -0.4 is 14.8 Å². The van der Waals surface area contributed by atoms with Gasteiger partial charge in [0.05, 0.1) is 0 Å². The zero-order valence-corrected chi connectivity index (χ0v) is 14.6. The van der Waals surface area contributed by atoms with Gasteiger partial charge in [0, 0.05) is 29.8 Å². The Hall–Kier alpha value is -2.34. The summed E-state index contributed by atoms with van der Waals surface area (Å²) in [7, 11) is 0. The number of benzene rings is 2. The maximum Gasteiger partial charge on any atom is 0.321 e. The number of para-hydroxylation sites is 1. The second kappa shape index (κ2) is 7.27. The fourth-order valence-electron chi connectivity index (χ4n) is 3.08. The molecule has 2 aliphatic rings. The molecule has 2 amide bonds. The number of nitrogens with one attached hydrogen (secondary N) is 1. The maximum atomic E-state index is 12.5. The van der Waals surface area contributed by atoms with Crippen molar-refractivity contribution in [2.75, 3.05) is 31.0 Å². The van der Waals surface area contributed by atoms with Crippen molar-refractivity contribution in [3.05, 3.63) is 54.1 Å². The van der Waals surface area contributed by atoms with E-state index >= 15 is 0 Å². The van der Waals surface area contributed by atoms with Gasteiger partial charge < -0.3 is 19.7 Å². The minimum atomic E-state index is -0.0295. The first-order valence-corrected chi connectivity index (χ1v) is 9.46. The Kier molecular flexibility index (Phi) is 4.70. The minimum absolute atomic E-state index is 0.0295. The van der Waals surface area contributed by atoms with Gasteiger partial charge in [-0.15, -0.1) is 0 Å². The lowest BCUT2D eigenvalue weighted by Gasteiger charge is -2.21. The Balaban J connectivity index is 1.39. The summed E-state index contributed by atoms with van der Waals surface area (Å²) in [5, 5.41) is 3.33. The molecule has 0 bridgehead atoms. The molecule has 0 radical (unpaired) electrons. The zero-order valence-electron chi connectivity index (χ0n) is 13.8. The van der Waals surface area contributed by atoms with Gasteiger partial charge >= 0.3 is 6.03 Å². The van der Waals surface area contributed by atoms with E-state index in [1.54, 1.807) is 0 Å². The molecule has 0 saturated carbocycles. The van der Waals surface area contributed by atoms with E-state index in [4.69, 9.17) is 9.47 Å². The highest BCUT2D eigenvalue weighted by Gasteiger charge is 2.24. The molecule has 1 atom stereocenters. The SMILES string of the molecule is O=C(Nc1ccccc1)N1CCSC(c2ccc3c(c2)OCO3)CC1. The van der Waals surface area contributed by atoms with E-state index in [0.717, 1.165) is 42.4 Å². The number of carbonyl (C=O) groups excluding carboxylic acids is 1. The number of ether oxygens (including phenoxy) is 2. The first kappa shape index (κ1) is 16.1. The number of urea groups is 1. The Labute approximate surface area is 151 Å². The number of hydrogen-bond acceptors (Lipinski definition) is 4. The van der Waals surface area contributed by atoms with Gasteiger partial charge in [-0.1, -0.05) is 24.3 Å². The zero-order chi connectivity index (χ0) is 17.1. The molecule has 0 aromatic heterocycles. The molecule has 5 nitrogen and oxygen atoms in total. The predicted octanol–water partition coefficient (Wildman–Crippen LogP) is 4.13. The quantitative estimate of drug-likeness (QED) is 0.879. The van der Waals surface area contributed by atoms with Gasteiger partial charge in [-0.2, -0.15) is 11.8 Å². The smallest absolute Gasteiger partial charge is 0.321 e. The van der Waals surface area contributed by atoms with Crippen LogP contribution in [0.25, 0.3) is 0 Å². The van der Waals surface area contributed by atoms with Gasteiger partial charge in [0.25, 0.3) is 0 Å². The highest BCUT2D eigenvalue weighted by molar-refractivity contribution is 7.99. The van der Waals surface area contributed by atoms with Crippen molar-refractivity contribution in [2.45, 2.75) is 11.7 Å². The third kappa shape index (κ3) is 3.69. The Bertz CT molecular complexity index is 754. The fourth-order valence-corrected chi connectivity index (χ4v) is 4.30. The number of amides is 2. The van der Waals surface area contributed by atoms with Crippen molar-refractivity contribution in [3.8, 4) is 11.5 Å². The largest absolute Gasteiger partial charge is 0.454 e. The van der Waals surface area contributed by atoms with Crippen molar-refractivity contribution in [1.29, 1.82) is 0 Å². The molecular weight excluding hydrogens is 336 g/mol. The lowest BCUT2D eigenvalue weighted by molar-refractivity contribution is 0.174. The average Bonchev–Trinajstić information content (AvgIpc) is 2.97. The van der Waals surface area contributed by atoms with Gasteiger partial charge in [0.2, 0.25) is 6.79 Å². The molecule has 1 N–H and O–H groups in total. The molecule has 130 valence electrons. The summed E-state index contributed by atoms with van der Waals surface area (Å²) >= 11 is 1.89. The first-order chi connectivity index (χ1) is 12.3. The monoisotopic (exact) mass is 356 g/mol. The summed E-state index contributed by atoms with van der Waals surface area (Å²) < 4.78 is 10.9. The van der Waals surface area contributed by atoms with E-state index in [9.17, 15) is 4.79 Å². The van der Waals surface area contributed by atoms with Crippen LogP contribution in [-0.2, 0) is 0 Å². The van der Waals surface area contributed by atoms with Crippen molar-refractivity contribution < 1.29 is 14.3 Å². The van der Waals surface area contributed by atoms with Crippen LogP contribution in [0.1, 0.15) is 17.2 Å². The lowest BCUT2D eigenvalue weighted by Crippen LogP contribution is -2.36. The number of anilines is 1. The van der Waals surface area contributed by atoms with Gasteiger partial charge in [0.15, 0.2) is 11.5 Å². The summed E-state index contributed by atoms with van der Waals surface area (Å²) in [6, 6.07) is 15.7. The van der Waals surface area contributed by atoms with Crippen LogP contribution in [-0.4, -0.2) is 36.6 Å². The summed E-state index contributed by atoms with van der Waals surface area (Å²) in [5.74, 6) is 2.55. The second-order valence-electron chi connectivity index (χ2n) is 6.04. The Morgan fingerprint density at radius 1 is 1.08 bits per heavy atom. The van der Waals surface area contributed by atoms with E-state index in [0.29, 0.717) is 12.0 Å². The van der Waals surface area contributed by atoms with E-state index in [1.165, 1.54) is 5.56 Å². The molecule has 2 aromatic carbocycles. The second-order valence-corrected chi connectivity index (χ2v) is 7.35. The van der Waals surface area contributed by atoms with Crippen molar-refractivity contribution in [2.24, 2.45) is 0 Å². The number of fused-ring (bicyclic) bond motifs is 1. The number of rotatable bonds is 2. The number of nitrogens with zero attached hydrogens (tertiary/aromatic N) is 1. The van der Waals surface area contributed by atoms with Crippen LogP contribution in [0, 0.1) is 0 Å².